The maximum absolute atomic E-state index is 8.24. The molecule has 0 radical (unpaired) electrons. The molecule has 0 rings (SSSR count). The molecular formula is C14H21N. The lowest BCUT2D eigenvalue weighted by Gasteiger charge is -1.90. The van der Waals surface area contributed by atoms with E-state index >= 15 is 0 Å². The van der Waals surface area contributed by atoms with Gasteiger partial charge in [-0.05, 0) is 25.7 Å². The third kappa shape index (κ3) is 12.7. The predicted molar refractivity (Wildman–Crippen MR) is 66.4 cm³/mol. The summed E-state index contributed by atoms with van der Waals surface area (Å²) in [5, 5.41) is 8.24. The van der Waals surface area contributed by atoms with Crippen molar-refractivity contribution in [1.82, 2.24) is 0 Å². The van der Waals surface area contributed by atoms with Gasteiger partial charge in [0.05, 0.1) is 6.07 Å². The molecule has 1 heteroatoms. The fourth-order valence-corrected chi connectivity index (χ4v) is 1.20. The van der Waals surface area contributed by atoms with Gasteiger partial charge in [-0.2, -0.15) is 5.26 Å². The minimum Gasteiger partial charge on any atom is -0.193 e. The predicted octanol–water partition coefficient (Wildman–Crippen LogP) is 4.54. The van der Waals surface area contributed by atoms with Gasteiger partial charge in [0.1, 0.15) is 0 Å². The van der Waals surface area contributed by atoms with E-state index in [2.05, 4.69) is 31.2 Å². The number of rotatable bonds is 8. The smallest absolute Gasteiger partial charge is 0.0908 e. The van der Waals surface area contributed by atoms with Gasteiger partial charge in [-0.25, -0.2) is 0 Å². The Balaban J connectivity index is 3.29. The zero-order chi connectivity index (χ0) is 11.2. The van der Waals surface area contributed by atoms with Crippen LogP contribution in [0.2, 0.25) is 0 Å². The number of hydrogen-bond acceptors (Lipinski definition) is 1. The van der Waals surface area contributed by atoms with E-state index in [1.54, 1.807) is 0 Å². The van der Waals surface area contributed by atoms with Crippen LogP contribution in [0.25, 0.3) is 0 Å². The second-order valence-corrected chi connectivity index (χ2v) is 3.44. The molecule has 0 spiro atoms. The lowest BCUT2D eigenvalue weighted by atomic mass is 10.2. The molecule has 0 heterocycles. The normalized spacial score (nSPS) is 11.7. The summed E-state index contributed by atoms with van der Waals surface area (Å²) < 4.78 is 0. The summed E-state index contributed by atoms with van der Waals surface area (Å²) in [6.45, 7) is 2.22. The Bertz CT molecular complexity index is 241. The summed E-state index contributed by atoms with van der Waals surface area (Å²) >= 11 is 0. The molecule has 0 bridgehead atoms. The maximum Gasteiger partial charge on any atom is 0.0908 e. The van der Waals surface area contributed by atoms with Gasteiger partial charge < -0.3 is 0 Å². The zero-order valence-electron chi connectivity index (χ0n) is 9.65. The van der Waals surface area contributed by atoms with Crippen molar-refractivity contribution >= 4 is 0 Å². The topological polar surface area (TPSA) is 23.8 Å². The molecule has 0 saturated heterocycles. The van der Waals surface area contributed by atoms with Crippen LogP contribution in [0.3, 0.4) is 0 Å². The Morgan fingerprint density at radius 1 is 0.933 bits per heavy atom. The van der Waals surface area contributed by atoms with Crippen LogP contribution in [0.5, 0.6) is 0 Å². The van der Waals surface area contributed by atoms with Crippen molar-refractivity contribution < 1.29 is 0 Å². The van der Waals surface area contributed by atoms with Gasteiger partial charge in [-0.3, -0.25) is 0 Å². The average molecular weight is 203 g/mol. The van der Waals surface area contributed by atoms with E-state index in [0.29, 0.717) is 0 Å². The number of nitrogens with zero attached hydrogens (tertiary/aromatic N) is 1. The highest BCUT2D eigenvalue weighted by Gasteiger charge is 1.80. The lowest BCUT2D eigenvalue weighted by molar-refractivity contribution is 0.728. The van der Waals surface area contributed by atoms with Crippen LogP contribution in [-0.2, 0) is 0 Å². The Morgan fingerprint density at radius 3 is 2.27 bits per heavy atom. The van der Waals surface area contributed by atoms with Gasteiger partial charge in [0, 0.05) is 6.08 Å². The average Bonchev–Trinajstić information content (AvgIpc) is 2.26. The molecule has 82 valence electrons. The second-order valence-electron chi connectivity index (χ2n) is 3.44. The summed E-state index contributed by atoms with van der Waals surface area (Å²) in [6, 6.07) is 1.97. The van der Waals surface area contributed by atoms with Crippen molar-refractivity contribution in [3.05, 3.63) is 36.5 Å². The van der Waals surface area contributed by atoms with E-state index in [1.165, 1.54) is 31.8 Å². The molecule has 0 amide bonds. The van der Waals surface area contributed by atoms with Gasteiger partial charge in [0.15, 0.2) is 0 Å². The van der Waals surface area contributed by atoms with E-state index in [9.17, 15) is 0 Å². The maximum atomic E-state index is 8.24. The second kappa shape index (κ2) is 12.7. The van der Waals surface area contributed by atoms with Crippen molar-refractivity contribution in [3.8, 4) is 6.07 Å². The molecule has 0 aromatic heterocycles. The van der Waals surface area contributed by atoms with Crippen molar-refractivity contribution in [2.75, 3.05) is 0 Å². The fourth-order valence-electron chi connectivity index (χ4n) is 1.20. The molecule has 0 aliphatic heterocycles. The highest BCUT2D eigenvalue weighted by molar-refractivity contribution is 5.05. The van der Waals surface area contributed by atoms with Crippen LogP contribution < -0.4 is 0 Å². The fraction of sp³-hybridized carbons (Fsp3) is 0.500. The summed E-state index contributed by atoms with van der Waals surface area (Å²) in [4.78, 5) is 0. The SMILES string of the molecule is CCCCC/C=C/C/C=C/C/C=C/C#N. The van der Waals surface area contributed by atoms with Gasteiger partial charge in [0.2, 0.25) is 0 Å². The molecule has 0 unspecified atom stereocenters. The zero-order valence-corrected chi connectivity index (χ0v) is 9.65. The van der Waals surface area contributed by atoms with Crippen molar-refractivity contribution in [3.63, 3.8) is 0 Å². The van der Waals surface area contributed by atoms with E-state index in [0.717, 1.165) is 12.8 Å². The summed E-state index contributed by atoms with van der Waals surface area (Å²) in [7, 11) is 0. The molecule has 15 heavy (non-hydrogen) atoms. The summed E-state index contributed by atoms with van der Waals surface area (Å²) in [5.41, 5.74) is 0. The first-order valence-corrected chi connectivity index (χ1v) is 5.76. The molecular weight excluding hydrogens is 182 g/mol. The largest absolute Gasteiger partial charge is 0.193 e. The van der Waals surface area contributed by atoms with Crippen LogP contribution in [0, 0.1) is 11.3 Å². The van der Waals surface area contributed by atoms with Gasteiger partial charge in [0.25, 0.3) is 0 Å². The number of hydrogen-bond donors (Lipinski definition) is 0. The molecule has 1 nitrogen and oxygen atoms in total. The molecule has 0 saturated carbocycles. The third-order valence-electron chi connectivity index (χ3n) is 2.04. The van der Waals surface area contributed by atoms with Crippen LogP contribution in [0.15, 0.2) is 36.5 Å². The van der Waals surface area contributed by atoms with Crippen molar-refractivity contribution in [2.45, 2.75) is 45.4 Å². The quantitative estimate of drug-likeness (QED) is 0.323. The third-order valence-corrected chi connectivity index (χ3v) is 2.04. The Morgan fingerprint density at radius 2 is 1.60 bits per heavy atom. The molecule has 0 fully saturated rings. The first-order valence-electron chi connectivity index (χ1n) is 5.76. The van der Waals surface area contributed by atoms with Gasteiger partial charge in [-0.1, -0.05) is 50.1 Å². The number of nitriles is 1. The summed E-state index contributed by atoms with van der Waals surface area (Å²) in [6.07, 6.45) is 19.1. The van der Waals surface area contributed by atoms with Gasteiger partial charge >= 0.3 is 0 Å². The first-order chi connectivity index (χ1) is 7.41. The molecule has 0 atom stereocenters. The molecule has 0 N–H and O–H groups in total. The van der Waals surface area contributed by atoms with Crippen molar-refractivity contribution in [1.29, 1.82) is 5.26 Å². The van der Waals surface area contributed by atoms with E-state index in [-0.39, 0.29) is 0 Å². The highest BCUT2D eigenvalue weighted by Crippen LogP contribution is 2.00. The standard InChI is InChI=1S/C14H21N/c1-2-3-4-5-6-7-8-9-10-11-12-13-14-15/h6-7,9-10,12-13H,2-5,8,11H2,1H3/b7-6+,10-9+,13-12+. The van der Waals surface area contributed by atoms with E-state index < -0.39 is 0 Å². The number of unbranched alkanes of at least 4 members (excludes halogenated alkanes) is 3. The van der Waals surface area contributed by atoms with Crippen LogP contribution in [-0.4, -0.2) is 0 Å². The molecule has 0 aliphatic rings. The molecule has 0 aromatic carbocycles. The summed E-state index contributed by atoms with van der Waals surface area (Å²) in [5.74, 6) is 0. The highest BCUT2D eigenvalue weighted by atomic mass is 14.2. The minimum absolute atomic E-state index is 0.858. The van der Waals surface area contributed by atoms with Crippen LogP contribution in [0.1, 0.15) is 45.4 Å². The molecule has 0 aromatic rings. The lowest BCUT2D eigenvalue weighted by Crippen LogP contribution is -1.70. The Hall–Kier alpha value is -1.29. The number of allylic oxidation sites excluding steroid dienone is 6. The first kappa shape index (κ1) is 13.7. The molecule has 0 aliphatic carbocycles. The van der Waals surface area contributed by atoms with Crippen LogP contribution in [0.4, 0.5) is 0 Å². The minimum atomic E-state index is 0.858. The van der Waals surface area contributed by atoms with E-state index in [4.69, 9.17) is 5.26 Å². The Labute approximate surface area is 93.8 Å². The van der Waals surface area contributed by atoms with E-state index in [1.807, 2.05) is 12.1 Å². The van der Waals surface area contributed by atoms with Crippen LogP contribution >= 0.6 is 0 Å². The van der Waals surface area contributed by atoms with Gasteiger partial charge in [-0.15, -0.1) is 0 Å². The van der Waals surface area contributed by atoms with Crippen molar-refractivity contribution in [2.24, 2.45) is 0 Å². The monoisotopic (exact) mass is 203 g/mol. The Kier molecular flexibility index (Phi) is 11.6.